The third kappa shape index (κ3) is 2.98. The van der Waals surface area contributed by atoms with Crippen molar-refractivity contribution in [1.82, 2.24) is 0 Å². The van der Waals surface area contributed by atoms with Crippen molar-refractivity contribution in [3.8, 4) is 5.75 Å². The molecule has 0 aliphatic carbocycles. The lowest BCUT2D eigenvalue weighted by atomic mass is 10.2. The van der Waals surface area contributed by atoms with Gasteiger partial charge in [0.25, 0.3) is 0 Å². The molecule has 1 saturated heterocycles. The largest absolute Gasteiger partial charge is 0.494 e. The van der Waals surface area contributed by atoms with Crippen LogP contribution >= 0.6 is 11.8 Å². The summed E-state index contributed by atoms with van der Waals surface area (Å²) in [6.07, 6.45) is 1.23. The molecule has 0 radical (unpaired) electrons. The smallest absolute Gasteiger partial charge is 0.123 e. The molecule has 1 aromatic carbocycles. The number of benzene rings is 1. The zero-order valence-corrected chi connectivity index (χ0v) is 10.3. The summed E-state index contributed by atoms with van der Waals surface area (Å²) in [5.74, 6) is 3.27. The molecule has 1 heterocycles. The second-order valence-corrected chi connectivity index (χ2v) is 5.08. The Morgan fingerprint density at radius 1 is 1.50 bits per heavy atom. The Morgan fingerprint density at radius 3 is 3.06 bits per heavy atom. The highest BCUT2D eigenvalue weighted by molar-refractivity contribution is 7.99. The summed E-state index contributed by atoms with van der Waals surface area (Å²) in [4.78, 5) is 0. The van der Waals surface area contributed by atoms with E-state index in [-0.39, 0.29) is 0 Å². The normalized spacial score (nSPS) is 19.7. The molecule has 0 aromatic heterocycles. The van der Waals surface area contributed by atoms with Gasteiger partial charge in [0.05, 0.1) is 6.61 Å². The maximum absolute atomic E-state index is 5.84. The van der Waals surface area contributed by atoms with Crippen LogP contribution in [-0.2, 0) is 0 Å². The van der Waals surface area contributed by atoms with E-state index in [1.807, 2.05) is 36.9 Å². The molecule has 0 saturated carbocycles. The van der Waals surface area contributed by atoms with Crippen LogP contribution in [0.25, 0.3) is 0 Å². The fourth-order valence-corrected chi connectivity index (χ4v) is 2.99. The van der Waals surface area contributed by atoms with Crippen LogP contribution in [0, 0.1) is 0 Å². The molecule has 3 nitrogen and oxygen atoms in total. The Labute approximate surface area is 101 Å². The molecule has 4 heteroatoms. The molecule has 1 unspecified atom stereocenters. The zero-order valence-electron chi connectivity index (χ0n) is 9.53. The molecule has 16 heavy (non-hydrogen) atoms. The third-order valence-electron chi connectivity index (χ3n) is 2.54. The van der Waals surface area contributed by atoms with Crippen LogP contribution in [0.3, 0.4) is 0 Å². The summed E-state index contributed by atoms with van der Waals surface area (Å²) in [7, 11) is 0. The standard InChI is InChI=1S/C12H18N2OS/c1-2-15-12-6-9(13)5-11(7-12)14-10-3-4-16-8-10/h5-7,10,14H,2-4,8,13H2,1H3. The Kier molecular flexibility index (Phi) is 3.83. The van der Waals surface area contributed by atoms with E-state index in [9.17, 15) is 0 Å². The first kappa shape index (κ1) is 11.5. The van der Waals surface area contributed by atoms with Gasteiger partial charge in [0.1, 0.15) is 5.75 Å². The fraction of sp³-hybridized carbons (Fsp3) is 0.500. The van der Waals surface area contributed by atoms with Gasteiger partial charge in [-0.1, -0.05) is 0 Å². The molecule has 1 aliphatic rings. The number of ether oxygens (including phenoxy) is 1. The molecule has 0 spiro atoms. The number of nitrogens with one attached hydrogen (secondary N) is 1. The van der Waals surface area contributed by atoms with Crippen molar-refractivity contribution in [2.75, 3.05) is 29.2 Å². The molecule has 2 rings (SSSR count). The summed E-state index contributed by atoms with van der Waals surface area (Å²) < 4.78 is 5.47. The van der Waals surface area contributed by atoms with Gasteiger partial charge in [0.2, 0.25) is 0 Å². The van der Waals surface area contributed by atoms with Crippen molar-refractivity contribution in [1.29, 1.82) is 0 Å². The predicted octanol–water partition coefficient (Wildman–Crippen LogP) is 2.58. The summed E-state index contributed by atoms with van der Waals surface area (Å²) in [5.41, 5.74) is 7.65. The average Bonchev–Trinajstić information content (AvgIpc) is 2.70. The molecule has 1 atom stereocenters. The minimum absolute atomic E-state index is 0.571. The number of hydrogen-bond acceptors (Lipinski definition) is 4. The number of anilines is 2. The first-order valence-corrected chi connectivity index (χ1v) is 6.81. The summed E-state index contributed by atoms with van der Waals surface area (Å²) in [6, 6.07) is 6.41. The Morgan fingerprint density at radius 2 is 2.38 bits per heavy atom. The van der Waals surface area contributed by atoms with Gasteiger partial charge >= 0.3 is 0 Å². The minimum atomic E-state index is 0.571. The highest BCUT2D eigenvalue weighted by Crippen LogP contribution is 2.26. The predicted molar refractivity (Wildman–Crippen MR) is 71.4 cm³/mol. The maximum atomic E-state index is 5.84. The van der Waals surface area contributed by atoms with E-state index in [4.69, 9.17) is 10.5 Å². The monoisotopic (exact) mass is 238 g/mol. The van der Waals surface area contributed by atoms with Gasteiger partial charge in [-0.25, -0.2) is 0 Å². The van der Waals surface area contributed by atoms with Crippen LogP contribution < -0.4 is 15.8 Å². The first-order chi connectivity index (χ1) is 7.78. The van der Waals surface area contributed by atoms with Crippen molar-refractivity contribution in [2.24, 2.45) is 0 Å². The maximum Gasteiger partial charge on any atom is 0.123 e. The minimum Gasteiger partial charge on any atom is -0.494 e. The summed E-state index contributed by atoms with van der Waals surface area (Å²) in [6.45, 7) is 2.64. The number of nitrogens with two attached hydrogens (primary N) is 1. The van der Waals surface area contributed by atoms with E-state index in [2.05, 4.69) is 5.32 Å². The van der Waals surface area contributed by atoms with E-state index in [0.29, 0.717) is 12.6 Å². The lowest BCUT2D eigenvalue weighted by Gasteiger charge is -2.14. The molecule has 1 aromatic rings. The van der Waals surface area contributed by atoms with Gasteiger partial charge < -0.3 is 15.8 Å². The van der Waals surface area contributed by atoms with Crippen molar-refractivity contribution < 1.29 is 4.74 Å². The fourth-order valence-electron chi connectivity index (χ4n) is 1.84. The van der Waals surface area contributed by atoms with Crippen LogP contribution in [0.15, 0.2) is 18.2 Å². The molecular formula is C12H18N2OS. The zero-order chi connectivity index (χ0) is 11.4. The van der Waals surface area contributed by atoms with Crippen molar-refractivity contribution in [3.63, 3.8) is 0 Å². The highest BCUT2D eigenvalue weighted by atomic mass is 32.2. The van der Waals surface area contributed by atoms with E-state index < -0.39 is 0 Å². The van der Waals surface area contributed by atoms with Crippen LogP contribution in [0.1, 0.15) is 13.3 Å². The summed E-state index contributed by atoms with van der Waals surface area (Å²) in [5, 5.41) is 3.50. The number of hydrogen-bond donors (Lipinski definition) is 2. The second-order valence-electron chi connectivity index (χ2n) is 3.93. The lowest BCUT2D eigenvalue weighted by Crippen LogP contribution is -2.18. The molecular weight excluding hydrogens is 220 g/mol. The van der Waals surface area contributed by atoms with Gasteiger partial charge in [0.15, 0.2) is 0 Å². The first-order valence-electron chi connectivity index (χ1n) is 5.65. The van der Waals surface area contributed by atoms with E-state index >= 15 is 0 Å². The number of rotatable bonds is 4. The molecule has 0 bridgehead atoms. The van der Waals surface area contributed by atoms with Crippen LogP contribution in [0.4, 0.5) is 11.4 Å². The Bertz CT molecular complexity index is 351. The molecule has 88 valence electrons. The number of nitrogen functional groups attached to an aromatic ring is 1. The van der Waals surface area contributed by atoms with Crippen LogP contribution in [0.2, 0.25) is 0 Å². The van der Waals surface area contributed by atoms with Crippen LogP contribution in [0.5, 0.6) is 5.75 Å². The summed E-state index contributed by atoms with van der Waals surface area (Å²) >= 11 is 2.00. The highest BCUT2D eigenvalue weighted by Gasteiger charge is 2.15. The van der Waals surface area contributed by atoms with Gasteiger partial charge in [-0.2, -0.15) is 11.8 Å². The van der Waals surface area contributed by atoms with E-state index in [1.165, 1.54) is 17.9 Å². The molecule has 0 amide bonds. The van der Waals surface area contributed by atoms with Gasteiger partial charge in [0, 0.05) is 35.3 Å². The van der Waals surface area contributed by atoms with Gasteiger partial charge in [-0.05, 0) is 25.2 Å². The third-order valence-corrected chi connectivity index (χ3v) is 3.70. The second kappa shape index (κ2) is 5.34. The Hall–Kier alpha value is -1.03. The lowest BCUT2D eigenvalue weighted by molar-refractivity contribution is 0.340. The topological polar surface area (TPSA) is 47.3 Å². The van der Waals surface area contributed by atoms with E-state index in [0.717, 1.165) is 17.1 Å². The van der Waals surface area contributed by atoms with Crippen LogP contribution in [-0.4, -0.2) is 24.2 Å². The SMILES string of the molecule is CCOc1cc(N)cc(NC2CCSC2)c1. The molecule has 1 aliphatic heterocycles. The molecule has 3 N–H and O–H groups in total. The quantitative estimate of drug-likeness (QED) is 0.792. The van der Waals surface area contributed by atoms with Crippen molar-refractivity contribution in [3.05, 3.63) is 18.2 Å². The molecule has 1 fully saturated rings. The van der Waals surface area contributed by atoms with Gasteiger partial charge in [-0.3, -0.25) is 0 Å². The average molecular weight is 238 g/mol. The van der Waals surface area contributed by atoms with Gasteiger partial charge in [-0.15, -0.1) is 0 Å². The van der Waals surface area contributed by atoms with Crippen molar-refractivity contribution in [2.45, 2.75) is 19.4 Å². The Balaban J connectivity index is 2.06. The van der Waals surface area contributed by atoms with E-state index in [1.54, 1.807) is 0 Å². The number of thioether (sulfide) groups is 1. The van der Waals surface area contributed by atoms with Crippen molar-refractivity contribution >= 4 is 23.1 Å².